The van der Waals surface area contributed by atoms with Gasteiger partial charge in [0.15, 0.2) is 11.5 Å². The molecule has 0 N–H and O–H groups in total. The molecule has 1 aromatic rings. The first-order valence-electron chi connectivity index (χ1n) is 13.6. The predicted octanol–water partition coefficient (Wildman–Crippen LogP) is 3.23. The maximum atomic E-state index is 13.9. The van der Waals surface area contributed by atoms with E-state index in [4.69, 9.17) is 9.47 Å². The molecule has 5 atom stereocenters. The maximum absolute atomic E-state index is 13.9. The van der Waals surface area contributed by atoms with Crippen LogP contribution in [0.2, 0.25) is 0 Å². The van der Waals surface area contributed by atoms with E-state index in [0.717, 1.165) is 31.6 Å². The number of amides is 2. The summed E-state index contributed by atoms with van der Waals surface area (Å²) in [6.07, 6.45) is 10.2. The average Bonchev–Trinajstić information content (AvgIpc) is 3.29. The molecular formula is C28H35N3O4. The van der Waals surface area contributed by atoms with Crippen molar-refractivity contribution in [1.29, 1.82) is 0 Å². The van der Waals surface area contributed by atoms with Crippen molar-refractivity contribution in [2.24, 2.45) is 17.8 Å². The van der Waals surface area contributed by atoms with Gasteiger partial charge in [-0.1, -0.05) is 18.1 Å². The molecule has 0 saturated carbocycles. The number of fused-ring (bicyclic) bond motifs is 7. The molecule has 4 saturated heterocycles. The van der Waals surface area contributed by atoms with Crippen LogP contribution in [0, 0.1) is 17.8 Å². The number of likely N-dealkylation sites (tertiary alicyclic amines) is 1. The molecular weight excluding hydrogens is 442 g/mol. The molecule has 186 valence electrons. The van der Waals surface area contributed by atoms with Crippen LogP contribution in [0.1, 0.15) is 44.9 Å². The molecule has 5 aliphatic heterocycles. The minimum atomic E-state index is -0.279. The van der Waals surface area contributed by atoms with Gasteiger partial charge in [0.1, 0.15) is 13.2 Å². The zero-order chi connectivity index (χ0) is 23.5. The Hall–Kier alpha value is -2.54. The molecule has 1 aliphatic carbocycles. The second kappa shape index (κ2) is 8.54. The van der Waals surface area contributed by atoms with E-state index in [1.165, 1.54) is 37.8 Å². The minimum absolute atomic E-state index is 0.0188. The Balaban J connectivity index is 1.11. The Morgan fingerprint density at radius 3 is 2.80 bits per heavy atom. The SMILES string of the molecule is O=C1CC(C(=O)N2CCCC3=CC4CC(CN5CCCCC45)C32)CN1c1ccc2c(c1)OCCO2. The van der Waals surface area contributed by atoms with Crippen LogP contribution in [0.4, 0.5) is 5.69 Å². The minimum Gasteiger partial charge on any atom is -0.486 e. The first-order chi connectivity index (χ1) is 17.2. The second-order valence-corrected chi connectivity index (χ2v) is 11.3. The summed E-state index contributed by atoms with van der Waals surface area (Å²) >= 11 is 0. The fourth-order valence-corrected chi connectivity index (χ4v) is 7.78. The van der Waals surface area contributed by atoms with Gasteiger partial charge in [0.25, 0.3) is 0 Å². The summed E-state index contributed by atoms with van der Waals surface area (Å²) in [7, 11) is 0. The van der Waals surface area contributed by atoms with Crippen molar-refractivity contribution in [3.8, 4) is 11.5 Å². The van der Waals surface area contributed by atoms with Gasteiger partial charge in [0.2, 0.25) is 11.8 Å². The number of benzene rings is 1. The Labute approximate surface area is 207 Å². The van der Waals surface area contributed by atoms with Crippen LogP contribution in [0.3, 0.4) is 0 Å². The molecule has 35 heavy (non-hydrogen) atoms. The van der Waals surface area contributed by atoms with Crippen LogP contribution in [-0.4, -0.2) is 73.1 Å². The van der Waals surface area contributed by atoms with E-state index in [0.29, 0.717) is 49.1 Å². The molecule has 7 rings (SSSR count). The lowest BCUT2D eigenvalue weighted by atomic mass is 9.68. The van der Waals surface area contributed by atoms with E-state index in [2.05, 4.69) is 15.9 Å². The molecule has 2 bridgehead atoms. The number of carbonyl (C=O) groups is 2. The van der Waals surface area contributed by atoms with Gasteiger partial charge in [-0.15, -0.1) is 0 Å². The summed E-state index contributed by atoms with van der Waals surface area (Å²) in [5, 5.41) is 0. The third-order valence-electron chi connectivity index (χ3n) is 9.25. The average molecular weight is 478 g/mol. The van der Waals surface area contributed by atoms with E-state index < -0.39 is 0 Å². The molecule has 7 heteroatoms. The van der Waals surface area contributed by atoms with Crippen LogP contribution in [0.5, 0.6) is 11.5 Å². The van der Waals surface area contributed by atoms with Crippen molar-refractivity contribution < 1.29 is 19.1 Å². The maximum Gasteiger partial charge on any atom is 0.228 e. The fraction of sp³-hybridized carbons (Fsp3) is 0.643. The molecule has 5 heterocycles. The first-order valence-corrected chi connectivity index (χ1v) is 13.6. The van der Waals surface area contributed by atoms with Crippen molar-refractivity contribution in [1.82, 2.24) is 9.80 Å². The van der Waals surface area contributed by atoms with Crippen LogP contribution >= 0.6 is 0 Å². The highest BCUT2D eigenvalue weighted by Gasteiger charge is 2.48. The predicted molar refractivity (Wildman–Crippen MR) is 132 cm³/mol. The third kappa shape index (κ3) is 3.65. The van der Waals surface area contributed by atoms with E-state index in [1.54, 1.807) is 4.90 Å². The van der Waals surface area contributed by atoms with Gasteiger partial charge in [0, 0.05) is 43.9 Å². The van der Waals surface area contributed by atoms with Crippen LogP contribution in [-0.2, 0) is 9.59 Å². The van der Waals surface area contributed by atoms with Gasteiger partial charge in [-0.05, 0) is 62.6 Å². The van der Waals surface area contributed by atoms with E-state index in [9.17, 15) is 9.59 Å². The highest BCUT2D eigenvalue weighted by molar-refractivity contribution is 6.00. The molecule has 0 aromatic heterocycles. The molecule has 7 nitrogen and oxygen atoms in total. The standard InChI is InChI=1S/C28H35N3O4/c32-26-14-21(17-31(26)22-6-7-24-25(15-22)35-11-10-34-24)28(33)30-9-3-4-18-12-19-13-20(27(18)30)16-29-8-2-1-5-23(19)29/h6-7,12,15,19-21,23,27H,1-5,8-11,13-14,16-17H2. The molecule has 5 unspecified atom stereocenters. The summed E-state index contributed by atoms with van der Waals surface area (Å²) in [4.78, 5) is 33.6. The molecule has 6 aliphatic rings. The topological polar surface area (TPSA) is 62.3 Å². The number of carbonyl (C=O) groups excluding carboxylic acids is 2. The number of piperidine rings is 3. The zero-order valence-electron chi connectivity index (χ0n) is 20.4. The zero-order valence-corrected chi connectivity index (χ0v) is 20.4. The van der Waals surface area contributed by atoms with Crippen molar-refractivity contribution in [3.05, 3.63) is 29.8 Å². The summed E-state index contributed by atoms with van der Waals surface area (Å²) in [6.45, 7) is 4.65. The Morgan fingerprint density at radius 1 is 1.00 bits per heavy atom. The normalized spacial score (nSPS) is 34.2. The molecule has 1 aromatic carbocycles. The monoisotopic (exact) mass is 477 g/mol. The third-order valence-corrected chi connectivity index (χ3v) is 9.25. The summed E-state index contributed by atoms with van der Waals surface area (Å²) in [5.74, 6) is 2.49. The van der Waals surface area contributed by atoms with Crippen molar-refractivity contribution >= 4 is 17.5 Å². The number of anilines is 1. The highest BCUT2D eigenvalue weighted by atomic mass is 16.6. The number of hydrogen-bond acceptors (Lipinski definition) is 5. The van der Waals surface area contributed by atoms with Gasteiger partial charge in [-0.3, -0.25) is 14.5 Å². The molecule has 0 radical (unpaired) electrons. The Morgan fingerprint density at radius 2 is 1.89 bits per heavy atom. The largest absolute Gasteiger partial charge is 0.486 e. The van der Waals surface area contributed by atoms with E-state index in [1.807, 2.05) is 18.2 Å². The van der Waals surface area contributed by atoms with Crippen LogP contribution in [0.15, 0.2) is 29.8 Å². The molecule has 0 spiro atoms. The van der Waals surface area contributed by atoms with E-state index >= 15 is 0 Å². The summed E-state index contributed by atoms with van der Waals surface area (Å²) in [6, 6.07) is 6.58. The van der Waals surface area contributed by atoms with E-state index in [-0.39, 0.29) is 30.2 Å². The quantitative estimate of drug-likeness (QED) is 0.612. The fourth-order valence-electron chi connectivity index (χ4n) is 7.78. The molecule has 2 amide bonds. The second-order valence-electron chi connectivity index (χ2n) is 11.3. The summed E-state index contributed by atoms with van der Waals surface area (Å²) in [5.41, 5.74) is 2.29. The lowest BCUT2D eigenvalue weighted by molar-refractivity contribution is -0.140. The lowest BCUT2D eigenvalue weighted by Crippen LogP contribution is -2.60. The summed E-state index contributed by atoms with van der Waals surface area (Å²) < 4.78 is 11.3. The first kappa shape index (κ1) is 21.7. The van der Waals surface area contributed by atoms with Crippen molar-refractivity contribution in [2.75, 3.05) is 44.3 Å². The number of nitrogens with zero attached hydrogens (tertiary/aromatic N) is 3. The van der Waals surface area contributed by atoms with Crippen molar-refractivity contribution in [2.45, 2.75) is 57.0 Å². The van der Waals surface area contributed by atoms with Gasteiger partial charge in [0.05, 0.1) is 12.0 Å². The Bertz CT molecular complexity index is 1070. The van der Waals surface area contributed by atoms with Gasteiger partial charge in [-0.25, -0.2) is 0 Å². The van der Waals surface area contributed by atoms with Gasteiger partial charge >= 0.3 is 0 Å². The van der Waals surface area contributed by atoms with Gasteiger partial charge < -0.3 is 19.3 Å². The lowest BCUT2D eigenvalue weighted by Gasteiger charge is -2.55. The molecule has 4 fully saturated rings. The Kier molecular flexibility index (Phi) is 5.30. The van der Waals surface area contributed by atoms with Crippen LogP contribution < -0.4 is 14.4 Å². The number of rotatable bonds is 2. The highest BCUT2D eigenvalue weighted by Crippen LogP contribution is 2.46. The van der Waals surface area contributed by atoms with Crippen molar-refractivity contribution in [3.63, 3.8) is 0 Å². The van der Waals surface area contributed by atoms with Gasteiger partial charge in [-0.2, -0.15) is 0 Å². The number of ether oxygens (including phenoxy) is 2. The smallest absolute Gasteiger partial charge is 0.228 e. The number of hydrogen-bond donors (Lipinski definition) is 0. The van der Waals surface area contributed by atoms with Crippen LogP contribution in [0.25, 0.3) is 0 Å².